The Morgan fingerprint density at radius 3 is 2.40 bits per heavy atom. The Kier molecular flexibility index (Phi) is 5.45. The number of hydrogen-bond donors (Lipinski definition) is 1. The first-order chi connectivity index (χ1) is 11.8. The van der Waals surface area contributed by atoms with Crippen molar-refractivity contribution in [3.05, 3.63) is 59.2 Å². The minimum absolute atomic E-state index is 0.0152. The van der Waals surface area contributed by atoms with E-state index in [1.165, 1.54) is 12.1 Å². The number of anilines is 1. The van der Waals surface area contributed by atoms with Gasteiger partial charge in [0.1, 0.15) is 0 Å². The van der Waals surface area contributed by atoms with Crippen LogP contribution in [-0.2, 0) is 10.0 Å². The van der Waals surface area contributed by atoms with Crippen LogP contribution in [0.2, 0.25) is 0 Å². The van der Waals surface area contributed by atoms with Crippen molar-refractivity contribution in [2.45, 2.75) is 25.2 Å². The lowest BCUT2D eigenvalue weighted by atomic mass is 10.1. The molecule has 6 nitrogen and oxygen atoms in total. The van der Waals surface area contributed by atoms with Crippen LogP contribution in [0.5, 0.6) is 0 Å². The molecule has 0 radical (unpaired) electrons. The average molecular weight is 358 g/mol. The van der Waals surface area contributed by atoms with Crippen LogP contribution in [0.15, 0.2) is 47.4 Å². The number of benzene rings is 2. The van der Waals surface area contributed by atoms with Gasteiger partial charge in [-0.25, -0.2) is 13.2 Å². The number of carboxylic acids is 1. The molecule has 130 valence electrons. The van der Waals surface area contributed by atoms with Crippen LogP contribution in [0.3, 0.4) is 0 Å². The van der Waals surface area contributed by atoms with Crippen LogP contribution in [0, 0.1) is 25.2 Å². The molecule has 1 N–H and O–H groups in total. The Balaban J connectivity index is 2.65. The van der Waals surface area contributed by atoms with Gasteiger partial charge < -0.3 is 5.11 Å². The molecule has 0 spiro atoms. The lowest BCUT2D eigenvalue weighted by Gasteiger charge is -2.25. The third-order valence-corrected chi connectivity index (χ3v) is 5.86. The Hall–Kier alpha value is -2.85. The minimum Gasteiger partial charge on any atom is -0.478 e. The number of aryl methyl sites for hydroxylation is 1. The summed E-state index contributed by atoms with van der Waals surface area (Å²) >= 11 is 0. The number of carbonyl (C=O) groups is 1. The summed E-state index contributed by atoms with van der Waals surface area (Å²) in [5, 5.41) is 18.1. The summed E-state index contributed by atoms with van der Waals surface area (Å²) in [5.41, 5.74) is 1.40. The van der Waals surface area contributed by atoms with Crippen molar-refractivity contribution in [1.82, 2.24) is 0 Å². The first kappa shape index (κ1) is 18.5. The molecule has 2 aromatic carbocycles. The van der Waals surface area contributed by atoms with Crippen LogP contribution in [-0.4, -0.2) is 26.0 Å². The summed E-state index contributed by atoms with van der Waals surface area (Å²) < 4.78 is 27.6. The lowest BCUT2D eigenvalue weighted by Crippen LogP contribution is -2.32. The Labute approximate surface area is 147 Å². The van der Waals surface area contributed by atoms with Crippen molar-refractivity contribution in [3.63, 3.8) is 0 Å². The van der Waals surface area contributed by atoms with Gasteiger partial charge >= 0.3 is 5.97 Å². The van der Waals surface area contributed by atoms with Crippen molar-refractivity contribution in [1.29, 1.82) is 5.26 Å². The first-order valence-corrected chi connectivity index (χ1v) is 9.02. The second-order valence-corrected chi connectivity index (χ2v) is 7.37. The molecule has 0 amide bonds. The number of para-hydroxylation sites is 1. The molecule has 2 rings (SSSR count). The van der Waals surface area contributed by atoms with E-state index in [1.807, 2.05) is 6.07 Å². The highest BCUT2D eigenvalue weighted by molar-refractivity contribution is 7.92. The smallest absolute Gasteiger partial charge is 0.335 e. The number of aromatic carboxylic acids is 1. The van der Waals surface area contributed by atoms with Gasteiger partial charge in [-0.1, -0.05) is 18.2 Å². The molecule has 0 aliphatic heterocycles. The molecule has 0 saturated carbocycles. The first-order valence-electron chi connectivity index (χ1n) is 7.58. The van der Waals surface area contributed by atoms with E-state index in [9.17, 15) is 18.3 Å². The van der Waals surface area contributed by atoms with Gasteiger partial charge in [0.15, 0.2) is 0 Å². The average Bonchev–Trinajstić information content (AvgIpc) is 2.58. The Morgan fingerprint density at radius 1 is 1.20 bits per heavy atom. The van der Waals surface area contributed by atoms with E-state index in [-0.39, 0.29) is 23.4 Å². The fourth-order valence-electron chi connectivity index (χ4n) is 2.47. The van der Waals surface area contributed by atoms with Crippen molar-refractivity contribution in [3.8, 4) is 6.07 Å². The number of nitriles is 1. The molecule has 0 saturated heterocycles. The molecule has 0 heterocycles. The van der Waals surface area contributed by atoms with Gasteiger partial charge in [-0.2, -0.15) is 5.26 Å². The highest BCUT2D eigenvalue weighted by Gasteiger charge is 2.28. The highest BCUT2D eigenvalue weighted by atomic mass is 32.2. The zero-order chi connectivity index (χ0) is 18.6. The third kappa shape index (κ3) is 3.80. The van der Waals surface area contributed by atoms with Gasteiger partial charge in [0.05, 0.1) is 28.6 Å². The highest BCUT2D eigenvalue weighted by Crippen LogP contribution is 2.28. The zero-order valence-corrected chi connectivity index (χ0v) is 14.7. The molecular weight excluding hydrogens is 340 g/mol. The van der Waals surface area contributed by atoms with Crippen molar-refractivity contribution in [2.75, 3.05) is 10.8 Å². The van der Waals surface area contributed by atoms with Crippen molar-refractivity contribution in [2.24, 2.45) is 0 Å². The molecule has 0 aliphatic carbocycles. The molecule has 0 bridgehead atoms. The maximum Gasteiger partial charge on any atom is 0.335 e. The molecule has 0 fully saturated rings. The van der Waals surface area contributed by atoms with Crippen LogP contribution in [0.1, 0.15) is 27.9 Å². The SMILES string of the molecule is Cc1cc(C(=O)O)cc(S(=O)(=O)N(CCC#N)c2ccccc2)c1C. The standard InChI is InChI=1S/C18H18N2O4S/c1-13-11-15(18(21)22)12-17(14(13)2)25(23,24)20(10-6-9-19)16-7-4-3-5-8-16/h3-5,7-8,11-12H,6,10H2,1-2H3,(H,21,22). The maximum absolute atomic E-state index is 13.2. The second kappa shape index (κ2) is 7.36. The van der Waals surface area contributed by atoms with E-state index < -0.39 is 16.0 Å². The fraction of sp³-hybridized carbons (Fsp3) is 0.222. The van der Waals surface area contributed by atoms with Crippen molar-refractivity contribution < 1.29 is 18.3 Å². The van der Waals surface area contributed by atoms with Gasteiger partial charge in [0.25, 0.3) is 10.0 Å². The Bertz CT molecular complexity index is 932. The van der Waals surface area contributed by atoms with Crippen molar-refractivity contribution >= 4 is 21.7 Å². The van der Waals surface area contributed by atoms with Crippen LogP contribution >= 0.6 is 0 Å². The van der Waals surface area contributed by atoms with E-state index in [2.05, 4.69) is 0 Å². The van der Waals surface area contributed by atoms with E-state index in [1.54, 1.807) is 44.2 Å². The second-order valence-electron chi connectivity index (χ2n) is 5.54. The molecule has 0 unspecified atom stereocenters. The van der Waals surface area contributed by atoms with Gasteiger partial charge in [0, 0.05) is 6.54 Å². The lowest BCUT2D eigenvalue weighted by molar-refractivity contribution is 0.0696. The van der Waals surface area contributed by atoms with Crippen LogP contribution < -0.4 is 4.31 Å². The maximum atomic E-state index is 13.2. The molecule has 2 aromatic rings. The Morgan fingerprint density at radius 2 is 1.84 bits per heavy atom. The largest absolute Gasteiger partial charge is 0.478 e. The summed E-state index contributed by atoms with van der Waals surface area (Å²) in [6.07, 6.45) is 0.0186. The van der Waals surface area contributed by atoms with Gasteiger partial charge in [-0.15, -0.1) is 0 Å². The van der Waals surface area contributed by atoms with Gasteiger partial charge in [-0.05, 0) is 49.2 Å². The summed E-state index contributed by atoms with van der Waals surface area (Å²) in [6.45, 7) is 3.29. The van der Waals surface area contributed by atoms with Crippen LogP contribution in [0.4, 0.5) is 5.69 Å². The number of rotatable bonds is 6. The topological polar surface area (TPSA) is 98.5 Å². The molecule has 25 heavy (non-hydrogen) atoms. The van der Waals surface area contributed by atoms with E-state index in [0.29, 0.717) is 16.8 Å². The molecule has 0 aromatic heterocycles. The zero-order valence-electron chi connectivity index (χ0n) is 13.9. The summed E-state index contributed by atoms with van der Waals surface area (Å²) in [5.74, 6) is -1.19. The number of nitrogens with zero attached hydrogens (tertiary/aromatic N) is 2. The fourth-order valence-corrected chi connectivity index (χ4v) is 4.26. The summed E-state index contributed by atoms with van der Waals surface area (Å²) in [6, 6.07) is 13.0. The summed E-state index contributed by atoms with van der Waals surface area (Å²) in [7, 11) is -4.02. The number of hydrogen-bond acceptors (Lipinski definition) is 4. The predicted octanol–water partition coefficient (Wildman–Crippen LogP) is 3.11. The predicted molar refractivity (Wildman–Crippen MR) is 94.1 cm³/mol. The van der Waals surface area contributed by atoms with Gasteiger partial charge in [-0.3, -0.25) is 4.31 Å². The van der Waals surface area contributed by atoms with E-state index >= 15 is 0 Å². The molecule has 7 heteroatoms. The van der Waals surface area contributed by atoms with Crippen LogP contribution in [0.25, 0.3) is 0 Å². The van der Waals surface area contributed by atoms with E-state index in [4.69, 9.17) is 5.26 Å². The quantitative estimate of drug-likeness (QED) is 0.855. The van der Waals surface area contributed by atoms with E-state index in [0.717, 1.165) is 4.31 Å². The van der Waals surface area contributed by atoms with Gasteiger partial charge in [0.2, 0.25) is 0 Å². The normalized spacial score (nSPS) is 10.9. The molecule has 0 aliphatic rings. The minimum atomic E-state index is -4.02. The number of carboxylic acid groups (broad SMARTS) is 1. The third-order valence-electron chi connectivity index (χ3n) is 3.91. The number of sulfonamides is 1. The monoisotopic (exact) mass is 358 g/mol. The molecular formula is C18H18N2O4S. The molecule has 0 atom stereocenters. The summed E-state index contributed by atoms with van der Waals surface area (Å²) in [4.78, 5) is 11.2.